The Hall–Kier alpha value is -2.27. The minimum Gasteiger partial charge on any atom is -0.457 e. The zero-order chi connectivity index (χ0) is 13.5. The van der Waals surface area contributed by atoms with Crippen LogP contribution in [0.4, 0.5) is 0 Å². The van der Waals surface area contributed by atoms with E-state index in [9.17, 15) is 0 Å². The summed E-state index contributed by atoms with van der Waals surface area (Å²) in [5.41, 5.74) is 2.50. The Balaban J connectivity index is 2.04. The van der Waals surface area contributed by atoms with Crippen molar-refractivity contribution < 1.29 is 4.74 Å². The maximum Gasteiger partial charge on any atom is 0.127 e. The van der Waals surface area contributed by atoms with Crippen molar-refractivity contribution in [1.82, 2.24) is 0 Å². The van der Waals surface area contributed by atoms with E-state index in [2.05, 4.69) is 25.1 Å². The van der Waals surface area contributed by atoms with Gasteiger partial charge in [0, 0.05) is 6.42 Å². The molecule has 0 aliphatic heterocycles. The zero-order valence-corrected chi connectivity index (χ0v) is 11.1. The second-order valence-corrected chi connectivity index (χ2v) is 4.52. The van der Waals surface area contributed by atoms with Gasteiger partial charge in [0.05, 0.1) is 6.07 Å². The predicted molar refractivity (Wildman–Crippen MR) is 76.2 cm³/mol. The van der Waals surface area contributed by atoms with Crippen LogP contribution in [-0.4, -0.2) is 0 Å². The van der Waals surface area contributed by atoms with Crippen LogP contribution in [0, 0.1) is 18.3 Å². The summed E-state index contributed by atoms with van der Waals surface area (Å²) in [6.45, 7) is 2.08. The van der Waals surface area contributed by atoms with Gasteiger partial charge in [0.1, 0.15) is 11.5 Å². The number of nitriles is 1. The van der Waals surface area contributed by atoms with E-state index in [-0.39, 0.29) is 0 Å². The number of rotatable bonds is 5. The lowest BCUT2D eigenvalue weighted by Crippen LogP contribution is -1.91. The Bertz CT molecular complexity index is 570. The van der Waals surface area contributed by atoms with Crippen molar-refractivity contribution in [3.8, 4) is 17.6 Å². The maximum absolute atomic E-state index is 8.55. The van der Waals surface area contributed by atoms with E-state index in [1.54, 1.807) is 0 Å². The van der Waals surface area contributed by atoms with Gasteiger partial charge in [0.25, 0.3) is 0 Å². The number of para-hydroxylation sites is 1. The van der Waals surface area contributed by atoms with E-state index in [1.165, 1.54) is 11.1 Å². The monoisotopic (exact) mass is 251 g/mol. The van der Waals surface area contributed by atoms with Crippen LogP contribution in [0.1, 0.15) is 24.0 Å². The molecule has 0 aliphatic rings. The highest BCUT2D eigenvalue weighted by atomic mass is 16.5. The molecule has 0 fully saturated rings. The second kappa shape index (κ2) is 6.61. The van der Waals surface area contributed by atoms with Gasteiger partial charge in [-0.3, -0.25) is 0 Å². The fourth-order valence-electron chi connectivity index (χ4n) is 1.99. The summed E-state index contributed by atoms with van der Waals surface area (Å²) in [5, 5.41) is 8.55. The largest absolute Gasteiger partial charge is 0.457 e. The van der Waals surface area contributed by atoms with Gasteiger partial charge >= 0.3 is 0 Å². The molecule has 0 N–H and O–H groups in total. The van der Waals surface area contributed by atoms with Crippen LogP contribution in [0.15, 0.2) is 48.5 Å². The van der Waals surface area contributed by atoms with Crippen LogP contribution >= 0.6 is 0 Å². The van der Waals surface area contributed by atoms with E-state index >= 15 is 0 Å². The van der Waals surface area contributed by atoms with Gasteiger partial charge in [0.15, 0.2) is 0 Å². The lowest BCUT2D eigenvalue weighted by atomic mass is 10.0. The van der Waals surface area contributed by atoms with Crippen molar-refractivity contribution in [2.24, 2.45) is 0 Å². The average Bonchev–Trinajstić information content (AvgIpc) is 2.43. The molecular weight excluding hydrogens is 234 g/mol. The molecule has 0 unspecified atom stereocenters. The zero-order valence-electron chi connectivity index (χ0n) is 11.1. The summed E-state index contributed by atoms with van der Waals surface area (Å²) in [6, 6.07) is 18.1. The topological polar surface area (TPSA) is 33.0 Å². The first kappa shape index (κ1) is 13.2. The lowest BCUT2D eigenvalue weighted by molar-refractivity contribution is 0.482. The Morgan fingerprint density at radius 2 is 1.84 bits per heavy atom. The molecule has 2 rings (SSSR count). The second-order valence-electron chi connectivity index (χ2n) is 4.52. The van der Waals surface area contributed by atoms with Gasteiger partial charge in [-0.1, -0.05) is 24.3 Å². The molecular formula is C17H17NO. The Morgan fingerprint density at radius 3 is 2.53 bits per heavy atom. The van der Waals surface area contributed by atoms with Gasteiger partial charge in [-0.25, -0.2) is 0 Å². The number of hydrogen-bond donors (Lipinski definition) is 0. The Labute approximate surface area is 114 Å². The normalized spacial score (nSPS) is 9.89. The standard InChI is InChI=1S/C17H17NO/c1-14-13-17(19-16-8-3-2-4-9-16)11-10-15(14)7-5-6-12-18/h2-4,8-11,13H,5-7H2,1H3. The van der Waals surface area contributed by atoms with E-state index < -0.39 is 0 Å². The molecule has 96 valence electrons. The molecule has 2 aromatic carbocycles. The molecule has 0 radical (unpaired) electrons. The Morgan fingerprint density at radius 1 is 1.05 bits per heavy atom. The SMILES string of the molecule is Cc1cc(Oc2ccccc2)ccc1CCCC#N. The van der Waals surface area contributed by atoms with Crippen molar-refractivity contribution in [1.29, 1.82) is 5.26 Å². The summed E-state index contributed by atoms with van der Waals surface area (Å²) in [6.07, 6.45) is 2.48. The molecule has 0 saturated carbocycles. The van der Waals surface area contributed by atoms with Crippen LogP contribution in [0.5, 0.6) is 11.5 Å². The molecule has 2 aromatic rings. The van der Waals surface area contributed by atoms with Crippen molar-refractivity contribution in [2.75, 3.05) is 0 Å². The fraction of sp³-hybridized carbons (Fsp3) is 0.235. The summed E-state index contributed by atoms with van der Waals surface area (Å²) in [4.78, 5) is 0. The molecule has 0 aromatic heterocycles. The minimum atomic E-state index is 0.613. The minimum absolute atomic E-state index is 0.613. The molecule has 0 amide bonds. The number of benzene rings is 2. The summed E-state index contributed by atoms with van der Waals surface area (Å²) in [5.74, 6) is 1.70. The van der Waals surface area contributed by atoms with Crippen LogP contribution in [0.3, 0.4) is 0 Å². The number of unbranched alkanes of at least 4 members (excludes halogenated alkanes) is 1. The number of nitrogens with zero attached hydrogens (tertiary/aromatic N) is 1. The van der Waals surface area contributed by atoms with Crippen molar-refractivity contribution >= 4 is 0 Å². The smallest absolute Gasteiger partial charge is 0.127 e. The highest BCUT2D eigenvalue weighted by molar-refractivity contribution is 5.37. The molecule has 0 bridgehead atoms. The van der Waals surface area contributed by atoms with Gasteiger partial charge < -0.3 is 4.74 Å². The van der Waals surface area contributed by atoms with E-state index in [1.807, 2.05) is 36.4 Å². The van der Waals surface area contributed by atoms with Crippen molar-refractivity contribution in [2.45, 2.75) is 26.2 Å². The summed E-state index contributed by atoms with van der Waals surface area (Å²) < 4.78 is 5.79. The first-order valence-corrected chi connectivity index (χ1v) is 6.49. The summed E-state index contributed by atoms with van der Waals surface area (Å²) >= 11 is 0. The third-order valence-electron chi connectivity index (χ3n) is 3.03. The third-order valence-corrected chi connectivity index (χ3v) is 3.03. The molecule has 2 nitrogen and oxygen atoms in total. The predicted octanol–water partition coefficient (Wildman–Crippen LogP) is 4.63. The van der Waals surface area contributed by atoms with Gasteiger partial charge in [-0.05, 0) is 55.2 Å². The number of ether oxygens (including phenoxy) is 1. The average molecular weight is 251 g/mol. The molecule has 2 heteroatoms. The molecule has 0 aliphatic carbocycles. The molecule has 0 spiro atoms. The fourth-order valence-corrected chi connectivity index (χ4v) is 1.99. The van der Waals surface area contributed by atoms with Crippen LogP contribution in [-0.2, 0) is 6.42 Å². The molecule has 0 saturated heterocycles. The highest BCUT2D eigenvalue weighted by Gasteiger charge is 2.02. The van der Waals surface area contributed by atoms with E-state index in [4.69, 9.17) is 10.00 Å². The van der Waals surface area contributed by atoms with Crippen LogP contribution in [0.25, 0.3) is 0 Å². The highest BCUT2D eigenvalue weighted by Crippen LogP contribution is 2.24. The first-order valence-electron chi connectivity index (χ1n) is 6.49. The van der Waals surface area contributed by atoms with E-state index in [0.29, 0.717) is 6.42 Å². The third kappa shape index (κ3) is 3.86. The van der Waals surface area contributed by atoms with Crippen molar-refractivity contribution in [3.05, 3.63) is 59.7 Å². The van der Waals surface area contributed by atoms with Gasteiger partial charge in [-0.15, -0.1) is 0 Å². The van der Waals surface area contributed by atoms with Gasteiger partial charge in [0.2, 0.25) is 0 Å². The number of aryl methyl sites for hydroxylation is 2. The molecule has 0 atom stereocenters. The summed E-state index contributed by atoms with van der Waals surface area (Å²) in [7, 11) is 0. The molecule has 0 heterocycles. The van der Waals surface area contributed by atoms with Gasteiger partial charge in [-0.2, -0.15) is 5.26 Å². The maximum atomic E-state index is 8.55. The van der Waals surface area contributed by atoms with Crippen LogP contribution in [0.2, 0.25) is 0 Å². The quantitative estimate of drug-likeness (QED) is 0.725. The number of hydrogen-bond acceptors (Lipinski definition) is 2. The lowest BCUT2D eigenvalue weighted by Gasteiger charge is -2.09. The van der Waals surface area contributed by atoms with E-state index in [0.717, 1.165) is 24.3 Å². The van der Waals surface area contributed by atoms with Crippen molar-refractivity contribution in [3.63, 3.8) is 0 Å². The van der Waals surface area contributed by atoms with Crippen LogP contribution < -0.4 is 4.74 Å². The first-order chi connectivity index (χ1) is 9.29. The molecule has 19 heavy (non-hydrogen) atoms. The Kier molecular flexibility index (Phi) is 4.58.